The minimum atomic E-state index is -0.515. The van der Waals surface area contributed by atoms with Gasteiger partial charge in [-0.3, -0.25) is 15.0 Å². The topological polar surface area (TPSA) is 84.7 Å². The van der Waals surface area contributed by atoms with E-state index in [2.05, 4.69) is 5.32 Å². The Kier molecular flexibility index (Phi) is 5.36. The van der Waals surface area contributed by atoms with Crippen molar-refractivity contribution in [2.45, 2.75) is 19.9 Å². The second-order valence-electron chi connectivity index (χ2n) is 5.37. The molecule has 126 valence electrons. The van der Waals surface area contributed by atoms with Crippen molar-refractivity contribution in [1.82, 2.24) is 0 Å². The highest BCUT2D eigenvalue weighted by Crippen LogP contribution is 2.30. The molecule has 2 rings (SSSR count). The summed E-state index contributed by atoms with van der Waals surface area (Å²) in [4.78, 5) is 24.6. The quantitative estimate of drug-likeness (QED) is 0.662. The monoisotopic (exact) mass is 329 g/mol. The molecule has 0 aromatic heterocycles. The van der Waals surface area contributed by atoms with Crippen LogP contribution in [0.15, 0.2) is 48.5 Å². The van der Waals surface area contributed by atoms with Gasteiger partial charge in [-0.05, 0) is 32.0 Å². The molecule has 0 unspecified atom stereocenters. The van der Waals surface area contributed by atoms with E-state index in [1.165, 1.54) is 25.3 Å². The lowest BCUT2D eigenvalue weighted by molar-refractivity contribution is -0.384. The van der Waals surface area contributed by atoms with Gasteiger partial charge in [0.15, 0.2) is 0 Å². The Morgan fingerprint density at radius 2 is 1.88 bits per heavy atom. The maximum absolute atomic E-state index is 12.7. The van der Waals surface area contributed by atoms with Gasteiger partial charge in [0.25, 0.3) is 5.69 Å². The molecule has 2 aromatic rings. The van der Waals surface area contributed by atoms with E-state index in [1.807, 2.05) is 44.2 Å². The number of rotatable bonds is 5. The summed E-state index contributed by atoms with van der Waals surface area (Å²) in [6.45, 7) is 3.80. The number of nitro benzene ring substituents is 1. The van der Waals surface area contributed by atoms with Crippen molar-refractivity contribution < 1.29 is 14.5 Å². The van der Waals surface area contributed by atoms with Crippen LogP contribution in [-0.4, -0.2) is 24.1 Å². The summed E-state index contributed by atoms with van der Waals surface area (Å²) in [6, 6.07) is 12.9. The van der Waals surface area contributed by atoms with Crippen LogP contribution in [0.5, 0.6) is 5.75 Å². The molecule has 0 fully saturated rings. The number of urea groups is 1. The van der Waals surface area contributed by atoms with Crippen molar-refractivity contribution in [3.8, 4) is 5.75 Å². The third-order valence-electron chi connectivity index (χ3n) is 3.41. The van der Waals surface area contributed by atoms with Gasteiger partial charge in [-0.2, -0.15) is 0 Å². The minimum Gasteiger partial charge on any atom is -0.494 e. The van der Waals surface area contributed by atoms with E-state index in [0.717, 1.165) is 5.69 Å². The van der Waals surface area contributed by atoms with E-state index in [0.29, 0.717) is 5.69 Å². The first-order valence-corrected chi connectivity index (χ1v) is 7.41. The van der Waals surface area contributed by atoms with Crippen molar-refractivity contribution in [1.29, 1.82) is 0 Å². The predicted octanol–water partition coefficient (Wildman–Crippen LogP) is 4.05. The number of hydrogen-bond acceptors (Lipinski definition) is 4. The molecular formula is C17H19N3O4. The molecule has 24 heavy (non-hydrogen) atoms. The van der Waals surface area contributed by atoms with Gasteiger partial charge in [-0.25, -0.2) is 4.79 Å². The summed E-state index contributed by atoms with van der Waals surface area (Å²) < 4.78 is 5.15. The van der Waals surface area contributed by atoms with E-state index in [4.69, 9.17) is 4.74 Å². The molecular weight excluding hydrogens is 310 g/mol. The average Bonchev–Trinajstić information content (AvgIpc) is 2.55. The molecule has 0 saturated carbocycles. The molecule has 0 aliphatic rings. The summed E-state index contributed by atoms with van der Waals surface area (Å²) >= 11 is 0. The summed E-state index contributed by atoms with van der Waals surface area (Å²) in [5, 5.41) is 13.6. The van der Waals surface area contributed by atoms with Crippen LogP contribution in [0.4, 0.5) is 21.9 Å². The predicted molar refractivity (Wildman–Crippen MR) is 92.7 cm³/mol. The molecule has 0 saturated heterocycles. The minimum absolute atomic E-state index is 0.0727. The van der Waals surface area contributed by atoms with Crippen LogP contribution in [0, 0.1) is 10.1 Å². The molecule has 0 bridgehead atoms. The Morgan fingerprint density at radius 1 is 1.21 bits per heavy atom. The van der Waals surface area contributed by atoms with Crippen molar-refractivity contribution in [3.05, 3.63) is 58.6 Å². The third-order valence-corrected chi connectivity index (χ3v) is 3.41. The number of anilines is 2. The van der Waals surface area contributed by atoms with Crippen molar-refractivity contribution in [3.63, 3.8) is 0 Å². The zero-order chi connectivity index (χ0) is 17.7. The lowest BCUT2D eigenvalue weighted by atomic mass is 10.2. The van der Waals surface area contributed by atoms with E-state index in [-0.39, 0.29) is 23.5 Å². The van der Waals surface area contributed by atoms with Gasteiger partial charge in [0.05, 0.1) is 23.8 Å². The number of methoxy groups -OCH3 is 1. The van der Waals surface area contributed by atoms with Crippen molar-refractivity contribution >= 4 is 23.1 Å². The fraction of sp³-hybridized carbons (Fsp3) is 0.235. The molecule has 7 nitrogen and oxygen atoms in total. The van der Waals surface area contributed by atoms with Crippen LogP contribution in [0.3, 0.4) is 0 Å². The van der Waals surface area contributed by atoms with Crippen molar-refractivity contribution in [2.24, 2.45) is 0 Å². The molecule has 0 radical (unpaired) electrons. The van der Waals surface area contributed by atoms with E-state index in [1.54, 1.807) is 4.90 Å². The Labute approximate surface area is 140 Å². The lowest BCUT2D eigenvalue weighted by Gasteiger charge is -2.27. The molecule has 0 atom stereocenters. The second kappa shape index (κ2) is 7.45. The zero-order valence-electron chi connectivity index (χ0n) is 13.7. The number of nitrogens with one attached hydrogen (secondary N) is 1. The number of nitro groups is 1. The first-order chi connectivity index (χ1) is 11.4. The zero-order valence-corrected chi connectivity index (χ0v) is 13.7. The highest BCUT2D eigenvalue weighted by Gasteiger charge is 2.21. The maximum Gasteiger partial charge on any atom is 0.326 e. The summed E-state index contributed by atoms with van der Waals surface area (Å²) in [6.07, 6.45) is 0. The van der Waals surface area contributed by atoms with E-state index < -0.39 is 4.92 Å². The van der Waals surface area contributed by atoms with Crippen LogP contribution >= 0.6 is 0 Å². The van der Waals surface area contributed by atoms with E-state index in [9.17, 15) is 14.9 Å². The molecule has 2 aromatic carbocycles. The van der Waals surface area contributed by atoms with Gasteiger partial charge in [0.2, 0.25) is 0 Å². The Balaban J connectivity index is 2.29. The Hall–Kier alpha value is -3.09. The number of nitrogens with zero attached hydrogens (tertiary/aromatic N) is 2. The smallest absolute Gasteiger partial charge is 0.326 e. The first-order valence-electron chi connectivity index (χ1n) is 7.41. The number of ether oxygens (including phenoxy) is 1. The van der Waals surface area contributed by atoms with Gasteiger partial charge < -0.3 is 10.1 Å². The second-order valence-corrected chi connectivity index (χ2v) is 5.37. The fourth-order valence-corrected chi connectivity index (χ4v) is 2.31. The standard InChI is InChI=1S/C17H19N3O4/c1-12(2)19(13-7-5-4-6-8-13)17(21)18-15-10-9-14(20(22)23)11-16(15)24-3/h4-12H,1-3H3,(H,18,21). The number of carbonyl (C=O) groups is 1. The van der Waals surface area contributed by atoms with Gasteiger partial charge in [-0.15, -0.1) is 0 Å². The maximum atomic E-state index is 12.7. The largest absolute Gasteiger partial charge is 0.494 e. The van der Waals surface area contributed by atoms with Crippen LogP contribution in [0.25, 0.3) is 0 Å². The highest BCUT2D eigenvalue weighted by atomic mass is 16.6. The van der Waals surface area contributed by atoms with Crippen LogP contribution in [0.2, 0.25) is 0 Å². The number of benzene rings is 2. The van der Waals surface area contributed by atoms with Crippen molar-refractivity contribution in [2.75, 3.05) is 17.3 Å². The lowest BCUT2D eigenvalue weighted by Crippen LogP contribution is -2.40. The summed E-state index contributed by atoms with van der Waals surface area (Å²) in [5.41, 5.74) is 1.02. The van der Waals surface area contributed by atoms with Crippen LogP contribution in [-0.2, 0) is 0 Å². The number of non-ortho nitro benzene ring substituents is 1. The molecule has 1 N–H and O–H groups in total. The molecule has 7 heteroatoms. The van der Waals surface area contributed by atoms with Gasteiger partial charge in [0, 0.05) is 17.8 Å². The number of hydrogen-bond donors (Lipinski definition) is 1. The highest BCUT2D eigenvalue weighted by molar-refractivity contribution is 6.03. The fourth-order valence-electron chi connectivity index (χ4n) is 2.31. The van der Waals surface area contributed by atoms with Gasteiger partial charge >= 0.3 is 6.03 Å². The summed E-state index contributed by atoms with van der Waals surface area (Å²) in [7, 11) is 1.39. The normalized spacial score (nSPS) is 10.3. The van der Waals surface area contributed by atoms with Crippen LogP contribution < -0.4 is 15.0 Å². The first kappa shape index (κ1) is 17.3. The van der Waals surface area contributed by atoms with Gasteiger partial charge in [0.1, 0.15) is 5.75 Å². The molecule has 0 aliphatic carbocycles. The van der Waals surface area contributed by atoms with Gasteiger partial charge in [-0.1, -0.05) is 18.2 Å². The molecule has 0 heterocycles. The third kappa shape index (κ3) is 3.81. The number of para-hydroxylation sites is 1. The summed E-state index contributed by atoms with van der Waals surface area (Å²) in [5.74, 6) is 0.231. The Morgan fingerprint density at radius 3 is 2.42 bits per heavy atom. The number of carbonyl (C=O) groups excluding carboxylic acids is 1. The average molecular weight is 329 g/mol. The SMILES string of the molecule is COc1cc([N+](=O)[O-])ccc1NC(=O)N(c1ccccc1)C(C)C. The van der Waals surface area contributed by atoms with Crippen LogP contribution in [0.1, 0.15) is 13.8 Å². The molecule has 0 aliphatic heterocycles. The molecule has 0 spiro atoms. The number of amides is 2. The Bertz CT molecular complexity index is 732. The van der Waals surface area contributed by atoms with E-state index >= 15 is 0 Å². The molecule has 2 amide bonds.